The Morgan fingerprint density at radius 2 is 1.82 bits per heavy atom. The Labute approximate surface area is 167 Å². The summed E-state index contributed by atoms with van der Waals surface area (Å²) < 4.78 is 19.3. The lowest BCUT2D eigenvalue weighted by Gasteiger charge is -2.32. The number of carbonyl (C=O) groups excluding carboxylic acids is 1. The molecule has 0 aliphatic carbocycles. The zero-order chi connectivity index (χ0) is 20.9. The van der Waals surface area contributed by atoms with Crippen molar-refractivity contribution in [1.82, 2.24) is 4.57 Å². The summed E-state index contributed by atoms with van der Waals surface area (Å²) in [6, 6.07) is 6.01. The van der Waals surface area contributed by atoms with E-state index in [4.69, 9.17) is 14.0 Å². The van der Waals surface area contributed by atoms with Crippen LogP contribution >= 0.6 is 0 Å². The second-order valence-corrected chi connectivity index (χ2v) is 9.38. The highest BCUT2D eigenvalue weighted by Gasteiger charge is 2.50. The van der Waals surface area contributed by atoms with Gasteiger partial charge < -0.3 is 14.0 Å². The minimum Gasteiger partial charge on any atom is -0.443 e. The van der Waals surface area contributed by atoms with E-state index in [1.54, 1.807) is 12.3 Å². The maximum Gasteiger partial charge on any atom is 0.462 e. The van der Waals surface area contributed by atoms with Crippen molar-refractivity contribution >= 4 is 30.2 Å². The van der Waals surface area contributed by atoms with Crippen LogP contribution < -0.4 is 0 Å². The van der Waals surface area contributed by atoms with Gasteiger partial charge in [0.2, 0.25) is 0 Å². The summed E-state index contributed by atoms with van der Waals surface area (Å²) in [4.78, 5) is 12.6. The Kier molecular flexibility index (Phi) is 5.01. The van der Waals surface area contributed by atoms with E-state index in [9.17, 15) is 4.79 Å². The molecular weight excluding hydrogens is 353 g/mol. The van der Waals surface area contributed by atoms with E-state index in [1.807, 2.05) is 60.6 Å². The number of carbonyl (C=O) groups is 1. The molecule has 1 aromatic heterocycles. The first-order chi connectivity index (χ1) is 12.8. The van der Waals surface area contributed by atoms with Crippen molar-refractivity contribution in [2.24, 2.45) is 0 Å². The molecule has 150 valence electrons. The Hall–Kier alpha value is -2.05. The van der Waals surface area contributed by atoms with E-state index in [0.717, 1.165) is 22.0 Å². The lowest BCUT2D eigenvalue weighted by molar-refractivity contribution is 0.00578. The first-order valence-corrected chi connectivity index (χ1v) is 9.68. The second-order valence-electron chi connectivity index (χ2n) is 9.38. The third kappa shape index (κ3) is 3.89. The van der Waals surface area contributed by atoms with Gasteiger partial charge in [-0.25, -0.2) is 4.79 Å². The number of rotatable bonds is 3. The fourth-order valence-corrected chi connectivity index (χ4v) is 3.36. The van der Waals surface area contributed by atoms with Crippen LogP contribution in [0.15, 0.2) is 31.0 Å². The Morgan fingerprint density at radius 1 is 1.21 bits per heavy atom. The molecular formula is C22H30BNO4. The number of fused-ring (bicyclic) bond motifs is 1. The minimum atomic E-state index is -0.557. The van der Waals surface area contributed by atoms with E-state index in [0.29, 0.717) is 6.32 Å². The molecule has 0 unspecified atom stereocenters. The summed E-state index contributed by atoms with van der Waals surface area (Å²) in [6.45, 7) is 17.7. The third-order valence-electron chi connectivity index (χ3n) is 5.39. The van der Waals surface area contributed by atoms with Crippen LogP contribution in [0.1, 0.15) is 59.6 Å². The smallest absolute Gasteiger partial charge is 0.443 e. The fourth-order valence-electron chi connectivity index (χ4n) is 3.36. The molecule has 1 aliphatic heterocycles. The number of ether oxygens (including phenoxy) is 1. The standard InChI is InChI=1S/C22H30BNO4/c1-9-16-12-15(14-23-27-21(5,6)22(7,8)28-23)13-17-10-11-24(18(16)17)19(25)26-20(2,3)4/h9-13H,1,14H2,2-8H3. The molecule has 2 heterocycles. The van der Waals surface area contributed by atoms with E-state index in [-0.39, 0.29) is 18.3 Å². The number of hydrogen-bond acceptors (Lipinski definition) is 4. The molecule has 28 heavy (non-hydrogen) atoms. The molecule has 0 saturated carbocycles. The highest BCUT2D eigenvalue weighted by molar-refractivity contribution is 6.45. The van der Waals surface area contributed by atoms with Crippen LogP contribution in [0.25, 0.3) is 17.0 Å². The molecule has 0 radical (unpaired) electrons. The molecule has 0 amide bonds. The van der Waals surface area contributed by atoms with Crippen LogP contribution in [-0.2, 0) is 20.4 Å². The van der Waals surface area contributed by atoms with Crippen molar-refractivity contribution in [3.05, 3.63) is 42.1 Å². The molecule has 3 rings (SSSR count). The number of aromatic nitrogens is 1. The monoisotopic (exact) mass is 383 g/mol. The van der Waals surface area contributed by atoms with E-state index in [2.05, 4.69) is 12.6 Å². The molecule has 5 nitrogen and oxygen atoms in total. The van der Waals surface area contributed by atoms with Gasteiger partial charge in [-0.2, -0.15) is 0 Å². The molecule has 6 heteroatoms. The van der Waals surface area contributed by atoms with Gasteiger partial charge in [0.05, 0.1) is 16.7 Å². The van der Waals surface area contributed by atoms with Gasteiger partial charge in [-0.1, -0.05) is 24.8 Å². The van der Waals surface area contributed by atoms with E-state index in [1.165, 1.54) is 4.57 Å². The summed E-state index contributed by atoms with van der Waals surface area (Å²) in [5.74, 6) is 0. The summed E-state index contributed by atoms with van der Waals surface area (Å²) >= 11 is 0. The molecule has 1 aliphatic rings. The Bertz CT molecular complexity index is 904. The number of nitrogens with zero attached hydrogens (tertiary/aromatic N) is 1. The largest absolute Gasteiger partial charge is 0.462 e. The molecule has 0 spiro atoms. The third-order valence-corrected chi connectivity index (χ3v) is 5.39. The summed E-state index contributed by atoms with van der Waals surface area (Å²) in [5, 5.41) is 0.953. The maximum atomic E-state index is 12.6. The van der Waals surface area contributed by atoms with Gasteiger partial charge in [0.15, 0.2) is 0 Å². The highest BCUT2D eigenvalue weighted by Crippen LogP contribution is 2.38. The average molecular weight is 383 g/mol. The van der Waals surface area contributed by atoms with Crippen molar-refractivity contribution in [2.45, 2.75) is 71.6 Å². The van der Waals surface area contributed by atoms with Crippen molar-refractivity contribution in [2.75, 3.05) is 0 Å². The van der Waals surface area contributed by atoms with Crippen LogP contribution in [0.5, 0.6) is 0 Å². The predicted molar refractivity (Wildman–Crippen MR) is 113 cm³/mol. The topological polar surface area (TPSA) is 49.7 Å². The number of benzene rings is 1. The zero-order valence-corrected chi connectivity index (χ0v) is 18.0. The van der Waals surface area contributed by atoms with Gasteiger partial charge in [-0.3, -0.25) is 4.57 Å². The lowest BCUT2D eigenvalue weighted by Crippen LogP contribution is -2.41. The van der Waals surface area contributed by atoms with Crippen molar-refractivity contribution in [3.63, 3.8) is 0 Å². The van der Waals surface area contributed by atoms with Crippen LogP contribution in [0.2, 0.25) is 0 Å². The maximum absolute atomic E-state index is 12.6. The Morgan fingerprint density at radius 3 is 2.36 bits per heavy atom. The first-order valence-electron chi connectivity index (χ1n) is 9.68. The summed E-state index contributed by atoms with van der Waals surface area (Å²) in [5.41, 5.74) is 1.47. The quantitative estimate of drug-likeness (QED) is 0.680. The molecule has 1 saturated heterocycles. The zero-order valence-electron chi connectivity index (χ0n) is 18.0. The average Bonchev–Trinajstić information content (AvgIpc) is 3.03. The van der Waals surface area contributed by atoms with Crippen LogP contribution in [0, 0.1) is 0 Å². The van der Waals surface area contributed by atoms with Crippen molar-refractivity contribution in [1.29, 1.82) is 0 Å². The van der Waals surface area contributed by atoms with Gasteiger partial charge in [0.25, 0.3) is 0 Å². The van der Waals surface area contributed by atoms with Crippen molar-refractivity contribution < 1.29 is 18.8 Å². The van der Waals surface area contributed by atoms with Gasteiger partial charge >= 0.3 is 13.2 Å². The van der Waals surface area contributed by atoms with E-state index >= 15 is 0 Å². The highest BCUT2D eigenvalue weighted by atomic mass is 16.7. The molecule has 0 bridgehead atoms. The summed E-state index contributed by atoms with van der Waals surface area (Å²) in [6.07, 6.45) is 3.73. The minimum absolute atomic E-state index is 0.312. The number of hydrogen-bond donors (Lipinski definition) is 0. The molecule has 1 aromatic carbocycles. The van der Waals surface area contributed by atoms with Gasteiger partial charge in [-0.15, -0.1) is 0 Å². The van der Waals surface area contributed by atoms with Gasteiger partial charge in [-0.05, 0) is 65.7 Å². The van der Waals surface area contributed by atoms with Crippen LogP contribution in [0.4, 0.5) is 4.79 Å². The van der Waals surface area contributed by atoms with E-state index < -0.39 is 11.7 Å². The molecule has 1 fully saturated rings. The SMILES string of the molecule is C=Cc1cc(CB2OC(C)(C)C(C)(C)O2)cc2ccn(C(=O)OC(C)(C)C)c12. The first kappa shape index (κ1) is 20.7. The van der Waals surface area contributed by atoms with Gasteiger partial charge in [0.1, 0.15) is 5.60 Å². The fraction of sp³-hybridized carbons (Fsp3) is 0.500. The van der Waals surface area contributed by atoms with Crippen molar-refractivity contribution in [3.8, 4) is 0 Å². The molecule has 2 aromatic rings. The second kappa shape index (κ2) is 6.78. The molecule has 0 N–H and O–H groups in total. The van der Waals surface area contributed by atoms with Crippen LogP contribution in [-0.4, -0.2) is 34.6 Å². The molecule has 0 atom stereocenters. The lowest BCUT2D eigenvalue weighted by atomic mass is 9.80. The predicted octanol–water partition coefficient (Wildman–Crippen LogP) is 5.24. The van der Waals surface area contributed by atoms with Gasteiger partial charge in [0, 0.05) is 17.9 Å². The summed E-state index contributed by atoms with van der Waals surface area (Å²) in [7, 11) is -0.312. The van der Waals surface area contributed by atoms with Crippen LogP contribution in [0.3, 0.4) is 0 Å². The normalized spacial score (nSPS) is 18.5. The Balaban J connectivity index is 1.92.